The number of carbonyl (C=O) groups excluding carboxylic acids is 4. The monoisotopic (exact) mass is 1160 g/mol. The van der Waals surface area contributed by atoms with E-state index in [1.807, 2.05) is 53.4 Å². The van der Waals surface area contributed by atoms with Gasteiger partial charge in [-0.25, -0.2) is 0 Å². The number of benzene rings is 6. The summed E-state index contributed by atoms with van der Waals surface area (Å²) in [7, 11) is 0. The SMILES string of the molecule is CC[N+]1=C(/C=C/C=C/C=C2\N(CCCCCC(=O)N3CCN(C(=O)COc4ccc(N=Nc5ccc(OCCCC(=O)NCCC(=O)N6Cc7ccccc7C#Cc7ccccc76)cc5)cc4)CC3)c3ccccc3C2(C)C)C(C)(C)c2ccccc21. The van der Waals surface area contributed by atoms with Crippen LogP contribution in [0.15, 0.2) is 192 Å². The van der Waals surface area contributed by atoms with Crippen molar-refractivity contribution in [2.75, 3.05) is 68.8 Å². The minimum absolute atomic E-state index is 0.0672. The summed E-state index contributed by atoms with van der Waals surface area (Å²) in [5.41, 5.74) is 12.3. The Morgan fingerprint density at radius 1 is 0.598 bits per heavy atom. The molecule has 4 aliphatic rings. The molecule has 14 nitrogen and oxygen atoms in total. The van der Waals surface area contributed by atoms with Gasteiger partial charge in [0.1, 0.15) is 18.0 Å². The van der Waals surface area contributed by atoms with E-state index in [9.17, 15) is 19.2 Å². The summed E-state index contributed by atoms with van der Waals surface area (Å²) in [6.07, 6.45) is 15.2. The Kier molecular flexibility index (Phi) is 19.7. The number of fused-ring (bicyclic) bond motifs is 4. The van der Waals surface area contributed by atoms with Gasteiger partial charge in [0, 0.05) is 104 Å². The number of rotatable bonds is 23. The maximum atomic E-state index is 13.5. The van der Waals surface area contributed by atoms with Crippen molar-refractivity contribution in [1.82, 2.24) is 15.1 Å². The molecule has 1 saturated heterocycles. The number of azo groups is 1. The minimum Gasteiger partial charge on any atom is -0.494 e. The number of allylic oxidation sites excluding steroid dienone is 6. The summed E-state index contributed by atoms with van der Waals surface area (Å²) in [6, 6.07) is 47.2. The lowest BCUT2D eigenvalue weighted by Crippen LogP contribution is -2.51. The zero-order valence-corrected chi connectivity index (χ0v) is 50.8. The van der Waals surface area contributed by atoms with Gasteiger partial charge in [0.15, 0.2) is 12.3 Å². The molecule has 14 heteroatoms. The molecule has 0 radical (unpaired) electrons. The third-order valence-electron chi connectivity index (χ3n) is 16.9. The van der Waals surface area contributed by atoms with Crippen molar-refractivity contribution >= 4 is 57.8 Å². The highest BCUT2D eigenvalue weighted by Crippen LogP contribution is 2.48. The van der Waals surface area contributed by atoms with E-state index in [0.717, 1.165) is 54.7 Å². The van der Waals surface area contributed by atoms with Crippen molar-refractivity contribution in [3.05, 3.63) is 209 Å². The van der Waals surface area contributed by atoms with Crippen LogP contribution in [-0.4, -0.2) is 103 Å². The van der Waals surface area contributed by atoms with Crippen LogP contribution in [0, 0.1) is 11.8 Å². The quantitative estimate of drug-likeness (QED) is 0.0221. The molecule has 4 aliphatic heterocycles. The van der Waals surface area contributed by atoms with E-state index < -0.39 is 0 Å². The van der Waals surface area contributed by atoms with Crippen LogP contribution in [-0.2, 0) is 36.6 Å². The molecule has 4 amide bonds. The van der Waals surface area contributed by atoms with E-state index in [1.165, 1.54) is 33.9 Å². The molecule has 1 fully saturated rings. The number of para-hydroxylation sites is 3. The van der Waals surface area contributed by atoms with Crippen molar-refractivity contribution in [2.45, 2.75) is 96.9 Å². The molecule has 6 aromatic carbocycles. The highest BCUT2D eigenvalue weighted by atomic mass is 16.5. The summed E-state index contributed by atoms with van der Waals surface area (Å²) in [5.74, 6) is 7.43. The second kappa shape index (κ2) is 28.2. The first-order valence-electron chi connectivity index (χ1n) is 30.6. The number of nitrogens with one attached hydrogen (secondary N) is 1. The summed E-state index contributed by atoms with van der Waals surface area (Å²) >= 11 is 0. The Morgan fingerprint density at radius 3 is 1.94 bits per heavy atom. The fraction of sp³-hybridized carbons (Fsp3) is 0.329. The van der Waals surface area contributed by atoms with E-state index in [-0.39, 0.29) is 60.5 Å². The molecule has 0 aromatic heterocycles. The largest absolute Gasteiger partial charge is 0.494 e. The van der Waals surface area contributed by atoms with E-state index in [4.69, 9.17) is 9.47 Å². The van der Waals surface area contributed by atoms with Crippen LogP contribution in [0.4, 0.5) is 28.4 Å². The summed E-state index contributed by atoms with van der Waals surface area (Å²) < 4.78 is 14.2. The molecule has 0 saturated carbocycles. The molecule has 10 rings (SSSR count). The van der Waals surface area contributed by atoms with Gasteiger partial charge in [0.2, 0.25) is 23.4 Å². The number of unbranched alkanes of at least 4 members (excludes halogenated alkanes) is 2. The van der Waals surface area contributed by atoms with Crippen molar-refractivity contribution in [3.63, 3.8) is 0 Å². The third-order valence-corrected chi connectivity index (χ3v) is 16.9. The average molecular weight is 1160 g/mol. The predicted molar refractivity (Wildman–Crippen MR) is 345 cm³/mol. The summed E-state index contributed by atoms with van der Waals surface area (Å²) in [5, 5.41) is 11.6. The topological polar surface area (TPSA) is 139 Å². The first-order chi connectivity index (χ1) is 42.3. The van der Waals surface area contributed by atoms with E-state index >= 15 is 0 Å². The van der Waals surface area contributed by atoms with Crippen molar-refractivity contribution in [3.8, 4) is 23.3 Å². The highest BCUT2D eigenvalue weighted by Gasteiger charge is 2.43. The van der Waals surface area contributed by atoms with Crippen LogP contribution in [0.2, 0.25) is 0 Å². The van der Waals surface area contributed by atoms with E-state index in [0.29, 0.717) is 75.0 Å². The van der Waals surface area contributed by atoms with Crippen LogP contribution < -0.4 is 24.6 Å². The van der Waals surface area contributed by atoms with Gasteiger partial charge in [-0.3, -0.25) is 19.2 Å². The minimum atomic E-state index is -0.147. The van der Waals surface area contributed by atoms with Gasteiger partial charge in [-0.1, -0.05) is 117 Å². The molecule has 1 N–H and O–H groups in total. The molecule has 0 bridgehead atoms. The van der Waals surface area contributed by atoms with Crippen LogP contribution in [0.1, 0.15) is 107 Å². The Balaban J connectivity index is 0.590. The highest BCUT2D eigenvalue weighted by molar-refractivity contribution is 6.03. The van der Waals surface area contributed by atoms with E-state index in [1.54, 1.807) is 58.3 Å². The Morgan fingerprint density at radius 2 is 1.22 bits per heavy atom. The molecule has 446 valence electrons. The van der Waals surface area contributed by atoms with Gasteiger partial charge < -0.3 is 34.4 Å². The van der Waals surface area contributed by atoms with Crippen LogP contribution >= 0.6 is 0 Å². The van der Waals surface area contributed by atoms with Gasteiger partial charge in [0.05, 0.1) is 35.6 Å². The Hall–Kier alpha value is -9.35. The average Bonchev–Trinajstić information content (AvgIpc) is 1.69. The van der Waals surface area contributed by atoms with Gasteiger partial charge in [0.25, 0.3) is 5.91 Å². The van der Waals surface area contributed by atoms with E-state index in [2.05, 4.69) is 150 Å². The zero-order valence-electron chi connectivity index (χ0n) is 50.8. The maximum absolute atomic E-state index is 13.5. The molecular formula is C73H79N8O6+. The first kappa shape index (κ1) is 60.8. The number of nitrogens with zero attached hydrogens (tertiary/aromatic N) is 7. The lowest BCUT2D eigenvalue weighted by Gasteiger charge is -2.34. The molecular weight excluding hydrogens is 1080 g/mol. The van der Waals surface area contributed by atoms with Crippen LogP contribution in [0.5, 0.6) is 11.5 Å². The third kappa shape index (κ3) is 14.7. The lowest BCUT2D eigenvalue weighted by atomic mass is 9.81. The van der Waals surface area contributed by atoms with Crippen molar-refractivity contribution in [1.29, 1.82) is 0 Å². The van der Waals surface area contributed by atoms with Gasteiger partial charge >= 0.3 is 0 Å². The predicted octanol–water partition coefficient (Wildman–Crippen LogP) is 13.2. The second-order valence-corrected chi connectivity index (χ2v) is 23.4. The Bertz CT molecular complexity index is 3690. The molecule has 4 heterocycles. The number of piperazine rings is 1. The molecule has 6 aromatic rings. The lowest BCUT2D eigenvalue weighted by molar-refractivity contribution is -0.433. The number of amides is 4. The van der Waals surface area contributed by atoms with Crippen molar-refractivity contribution < 1.29 is 33.2 Å². The van der Waals surface area contributed by atoms with Gasteiger partial charge in [-0.15, -0.1) is 0 Å². The number of anilines is 2. The molecule has 87 heavy (non-hydrogen) atoms. The smallest absolute Gasteiger partial charge is 0.260 e. The standard InChI is InChI=1S/C73H78N8O6/c1-6-79-64-28-18-15-25-61(64)72(2,3)66(79)30-9-7-10-31-67-73(4,5)62-26-16-19-29-65(62)80(67)46-20-8-11-33-69(83)77-47-49-78(50-48-77)71(85)53-87-60-42-38-58(39-43-60)76-75-57-36-40-59(41-37-57)86-51-21-32-68(82)74-45-44-70(84)81-52-56-24-13-12-22-54(56)34-35-55-23-14-17-27-63(55)81/h7,9-10,12-19,22-31,36-43H,6,8,11,20-21,32-33,44-53H2,1-5H3/p+1. The zero-order chi connectivity index (χ0) is 60.8. The summed E-state index contributed by atoms with van der Waals surface area (Å²) in [4.78, 5) is 60.5. The first-order valence-corrected chi connectivity index (χ1v) is 30.6. The maximum Gasteiger partial charge on any atom is 0.260 e. The Labute approximate surface area is 512 Å². The van der Waals surface area contributed by atoms with Crippen LogP contribution in [0.3, 0.4) is 0 Å². The fourth-order valence-corrected chi connectivity index (χ4v) is 12.0. The second-order valence-electron chi connectivity index (χ2n) is 23.4. The van der Waals surface area contributed by atoms with Crippen LogP contribution in [0.25, 0.3) is 0 Å². The number of hydrogen-bond donors (Lipinski definition) is 1. The van der Waals surface area contributed by atoms with Crippen molar-refractivity contribution in [2.24, 2.45) is 10.2 Å². The van der Waals surface area contributed by atoms with Gasteiger partial charge in [-0.2, -0.15) is 14.8 Å². The number of hydrogen-bond acceptors (Lipinski definition) is 9. The van der Waals surface area contributed by atoms with Gasteiger partial charge in [-0.05, 0) is 130 Å². The number of carbonyl (C=O) groups is 4. The molecule has 0 atom stereocenters. The molecule has 0 unspecified atom stereocenters. The number of ether oxygens (including phenoxy) is 2. The summed E-state index contributed by atoms with van der Waals surface area (Å²) in [6.45, 7) is 16.1. The normalized spacial score (nSPS) is 16.1. The molecule has 0 aliphatic carbocycles. The molecule has 0 spiro atoms. The fourth-order valence-electron chi connectivity index (χ4n) is 12.0.